The monoisotopic (exact) mass is 418 g/mol. The van der Waals surface area contributed by atoms with Crippen LogP contribution in [0.15, 0.2) is 47.6 Å². The topological polar surface area (TPSA) is 139 Å². The number of fused-ring (bicyclic) bond motifs is 2. The van der Waals surface area contributed by atoms with Gasteiger partial charge in [0.2, 0.25) is 0 Å². The van der Waals surface area contributed by atoms with E-state index < -0.39 is 0 Å². The molecule has 2 aromatic heterocycles. The summed E-state index contributed by atoms with van der Waals surface area (Å²) in [6.07, 6.45) is 2.21. The highest BCUT2D eigenvalue weighted by molar-refractivity contribution is 6.10. The molecule has 2 aromatic carbocycles. The second-order valence-corrected chi connectivity index (χ2v) is 7.23. The maximum absolute atomic E-state index is 13.0. The van der Waals surface area contributed by atoms with Crippen molar-refractivity contribution in [2.24, 2.45) is 5.10 Å². The summed E-state index contributed by atoms with van der Waals surface area (Å²) >= 11 is 0. The molecule has 0 bridgehead atoms. The molecule has 4 rings (SSSR count). The van der Waals surface area contributed by atoms with Crippen molar-refractivity contribution >= 4 is 40.1 Å². The molecule has 2 heterocycles. The first kappa shape index (κ1) is 20.1. The number of nitrogen functional groups attached to an aromatic ring is 1. The van der Waals surface area contributed by atoms with Crippen LogP contribution in [-0.4, -0.2) is 43.0 Å². The Balaban J connectivity index is 1.90. The Hall–Kier alpha value is -4.14. The molecule has 1 atom stereocenters. The molecule has 0 aliphatic carbocycles. The van der Waals surface area contributed by atoms with Gasteiger partial charge in [-0.3, -0.25) is 4.79 Å². The summed E-state index contributed by atoms with van der Waals surface area (Å²) in [5.41, 5.74) is 9.03. The lowest BCUT2D eigenvalue weighted by atomic mass is 10.2. The molecule has 0 aliphatic heterocycles. The molecular formula is C22H22N6O3. The van der Waals surface area contributed by atoms with Gasteiger partial charge in [0.15, 0.2) is 17.1 Å². The Morgan fingerprint density at radius 2 is 1.90 bits per heavy atom. The zero-order chi connectivity index (χ0) is 22.1. The van der Waals surface area contributed by atoms with Crippen molar-refractivity contribution < 1.29 is 15.0 Å². The number of carbonyl (C=O) groups is 1. The number of hydrogen-bond donors (Lipinski definition) is 4. The highest BCUT2D eigenvalue weighted by atomic mass is 16.3. The molecule has 158 valence electrons. The maximum atomic E-state index is 13.0. The van der Waals surface area contributed by atoms with Gasteiger partial charge in [-0.05, 0) is 49.2 Å². The molecule has 0 fully saturated rings. The van der Waals surface area contributed by atoms with Crippen LogP contribution in [0.3, 0.4) is 0 Å². The Kier molecular flexibility index (Phi) is 5.16. The SMILES string of the molecule is CC[C@@H](C)NC(=O)c1c(N)n(N=Cc2ccc(O)c(O)c2)c2nc3ccccc3nc12. The van der Waals surface area contributed by atoms with Crippen LogP contribution in [0.25, 0.3) is 22.2 Å². The zero-order valence-corrected chi connectivity index (χ0v) is 17.1. The van der Waals surface area contributed by atoms with Crippen molar-refractivity contribution in [2.75, 3.05) is 5.73 Å². The summed E-state index contributed by atoms with van der Waals surface area (Å²) in [6.45, 7) is 3.88. The fourth-order valence-electron chi connectivity index (χ4n) is 3.13. The van der Waals surface area contributed by atoms with Crippen molar-refractivity contribution in [1.29, 1.82) is 0 Å². The van der Waals surface area contributed by atoms with Crippen LogP contribution in [0.2, 0.25) is 0 Å². The molecule has 0 aliphatic rings. The van der Waals surface area contributed by atoms with E-state index >= 15 is 0 Å². The molecule has 4 aromatic rings. The molecule has 0 saturated carbocycles. The molecule has 0 saturated heterocycles. The summed E-state index contributed by atoms with van der Waals surface area (Å²) in [4.78, 5) is 22.2. The number of nitrogens with two attached hydrogens (primary N) is 1. The molecule has 5 N–H and O–H groups in total. The number of nitrogens with zero attached hydrogens (tertiary/aromatic N) is 4. The minimum atomic E-state index is -0.349. The average Bonchev–Trinajstić information content (AvgIpc) is 3.03. The third-order valence-electron chi connectivity index (χ3n) is 5.01. The van der Waals surface area contributed by atoms with E-state index in [2.05, 4.69) is 20.4 Å². The maximum Gasteiger partial charge on any atom is 0.257 e. The first-order chi connectivity index (χ1) is 14.9. The van der Waals surface area contributed by atoms with Crippen molar-refractivity contribution in [1.82, 2.24) is 20.0 Å². The third-order valence-corrected chi connectivity index (χ3v) is 5.01. The molecule has 0 spiro atoms. The lowest BCUT2D eigenvalue weighted by Crippen LogP contribution is -2.32. The number of nitrogens with one attached hydrogen (secondary N) is 1. The summed E-state index contributed by atoms with van der Waals surface area (Å²) in [7, 11) is 0. The number of aromatic nitrogens is 3. The quantitative estimate of drug-likeness (QED) is 0.290. The van der Waals surface area contributed by atoms with Crippen molar-refractivity contribution in [2.45, 2.75) is 26.3 Å². The minimum absolute atomic E-state index is 0.0396. The van der Waals surface area contributed by atoms with E-state index in [4.69, 9.17) is 5.73 Å². The van der Waals surface area contributed by atoms with E-state index in [1.54, 1.807) is 6.07 Å². The summed E-state index contributed by atoms with van der Waals surface area (Å²) in [5, 5.41) is 26.5. The first-order valence-corrected chi connectivity index (χ1v) is 9.83. The lowest BCUT2D eigenvalue weighted by molar-refractivity contribution is 0.0941. The number of anilines is 1. The number of carbonyl (C=O) groups excluding carboxylic acids is 1. The van der Waals surface area contributed by atoms with Crippen LogP contribution >= 0.6 is 0 Å². The second kappa shape index (κ2) is 7.94. The van der Waals surface area contributed by atoms with E-state index in [-0.39, 0.29) is 34.8 Å². The molecule has 31 heavy (non-hydrogen) atoms. The van der Waals surface area contributed by atoms with Gasteiger partial charge in [0.05, 0.1) is 17.2 Å². The average molecular weight is 418 g/mol. The van der Waals surface area contributed by atoms with Gasteiger partial charge in [-0.1, -0.05) is 19.1 Å². The number of amides is 1. The zero-order valence-electron chi connectivity index (χ0n) is 17.1. The van der Waals surface area contributed by atoms with Crippen molar-refractivity contribution in [3.8, 4) is 11.5 Å². The number of phenolic OH excluding ortho intramolecular Hbond substituents is 2. The van der Waals surface area contributed by atoms with Gasteiger partial charge in [-0.2, -0.15) is 9.78 Å². The van der Waals surface area contributed by atoms with E-state index in [1.165, 1.54) is 23.0 Å². The van der Waals surface area contributed by atoms with Gasteiger partial charge >= 0.3 is 0 Å². The van der Waals surface area contributed by atoms with Gasteiger partial charge < -0.3 is 21.3 Å². The molecule has 0 radical (unpaired) electrons. The normalized spacial score (nSPS) is 12.6. The first-order valence-electron chi connectivity index (χ1n) is 9.83. The highest BCUT2D eigenvalue weighted by Gasteiger charge is 2.24. The largest absolute Gasteiger partial charge is 0.504 e. The number of rotatable bonds is 5. The highest BCUT2D eigenvalue weighted by Crippen LogP contribution is 2.28. The minimum Gasteiger partial charge on any atom is -0.504 e. The van der Waals surface area contributed by atoms with Gasteiger partial charge in [-0.25, -0.2) is 9.97 Å². The van der Waals surface area contributed by atoms with E-state index in [1.807, 2.05) is 38.1 Å². The Bertz CT molecular complexity index is 1330. The molecular weight excluding hydrogens is 396 g/mol. The van der Waals surface area contributed by atoms with Crippen LogP contribution in [-0.2, 0) is 0 Å². The molecule has 9 nitrogen and oxygen atoms in total. The van der Waals surface area contributed by atoms with Crippen LogP contribution in [0, 0.1) is 0 Å². The lowest BCUT2D eigenvalue weighted by Gasteiger charge is -2.11. The number of hydrogen-bond acceptors (Lipinski definition) is 7. The Morgan fingerprint density at radius 1 is 1.19 bits per heavy atom. The fraction of sp³-hybridized carbons (Fsp3) is 0.182. The third kappa shape index (κ3) is 3.73. The smallest absolute Gasteiger partial charge is 0.257 e. The standard InChI is InChI=1S/C22H22N6O3/c1-3-12(2)25-22(31)18-19-21(27-15-7-5-4-6-14(15)26-19)28(20(18)23)24-11-13-8-9-16(29)17(30)10-13/h4-12,29-30H,3,23H2,1-2H3,(H,25,31)/t12-/m1/s1. The number of para-hydroxylation sites is 2. The van der Waals surface area contributed by atoms with E-state index in [0.29, 0.717) is 27.8 Å². The number of aromatic hydroxyl groups is 2. The van der Waals surface area contributed by atoms with E-state index in [9.17, 15) is 15.0 Å². The van der Waals surface area contributed by atoms with Crippen LogP contribution in [0.1, 0.15) is 36.2 Å². The molecule has 9 heteroatoms. The summed E-state index contributed by atoms with van der Waals surface area (Å²) < 4.78 is 1.35. The predicted octanol–water partition coefficient (Wildman–Crippen LogP) is 2.99. The van der Waals surface area contributed by atoms with Crippen molar-refractivity contribution in [3.63, 3.8) is 0 Å². The van der Waals surface area contributed by atoms with Crippen molar-refractivity contribution in [3.05, 3.63) is 53.6 Å². The van der Waals surface area contributed by atoms with Crippen LogP contribution < -0.4 is 11.1 Å². The Morgan fingerprint density at radius 3 is 2.58 bits per heavy atom. The van der Waals surface area contributed by atoms with Crippen LogP contribution in [0.5, 0.6) is 11.5 Å². The second-order valence-electron chi connectivity index (χ2n) is 7.23. The van der Waals surface area contributed by atoms with Gasteiger partial charge in [0.1, 0.15) is 16.9 Å². The molecule has 1 amide bonds. The predicted molar refractivity (Wildman–Crippen MR) is 119 cm³/mol. The van der Waals surface area contributed by atoms with Gasteiger partial charge in [-0.15, -0.1) is 0 Å². The van der Waals surface area contributed by atoms with Gasteiger partial charge in [0.25, 0.3) is 5.91 Å². The van der Waals surface area contributed by atoms with E-state index in [0.717, 1.165) is 6.42 Å². The van der Waals surface area contributed by atoms with Crippen LogP contribution in [0.4, 0.5) is 5.82 Å². The number of benzene rings is 2. The summed E-state index contributed by atoms with van der Waals surface area (Å²) in [5.74, 6) is -0.749. The summed E-state index contributed by atoms with van der Waals surface area (Å²) in [6, 6.07) is 11.6. The fourth-order valence-corrected chi connectivity index (χ4v) is 3.13. The van der Waals surface area contributed by atoms with Gasteiger partial charge in [0, 0.05) is 6.04 Å². The number of phenols is 2. The Labute approximate surface area is 177 Å². The molecule has 0 unspecified atom stereocenters.